The molecule has 0 aromatic carbocycles. The van der Waals surface area contributed by atoms with E-state index in [0.717, 1.165) is 63.6 Å². The molecule has 1 fully saturated rings. The van der Waals surface area contributed by atoms with Crippen LogP contribution in [0, 0.1) is 0 Å². The number of nitrogens with two attached hydrogens (primary N) is 1. The molecule has 9 heteroatoms. The monoisotopic (exact) mass is 432 g/mol. The first-order valence-electron chi connectivity index (χ1n) is 10.3. The van der Waals surface area contributed by atoms with Crippen molar-refractivity contribution in [1.82, 2.24) is 25.0 Å². The molecule has 5 aromatic heterocycles. The normalized spacial score (nSPS) is 19.4. The molecule has 0 amide bonds. The van der Waals surface area contributed by atoms with Crippen molar-refractivity contribution in [2.75, 3.05) is 5.73 Å². The van der Waals surface area contributed by atoms with E-state index in [2.05, 4.69) is 26.5 Å². The average molecular weight is 433 g/mol. The lowest BCUT2D eigenvalue weighted by molar-refractivity contribution is 0.108. The van der Waals surface area contributed by atoms with E-state index in [1.54, 1.807) is 29.9 Å². The zero-order valence-electron chi connectivity index (χ0n) is 16.6. The number of anilines is 1. The van der Waals surface area contributed by atoms with Crippen molar-refractivity contribution in [3.05, 3.63) is 42.4 Å². The fourth-order valence-electron chi connectivity index (χ4n) is 4.39. The van der Waals surface area contributed by atoms with Gasteiger partial charge in [0.05, 0.1) is 35.4 Å². The molecule has 1 aliphatic rings. The van der Waals surface area contributed by atoms with Gasteiger partial charge in [-0.15, -0.1) is 11.3 Å². The van der Waals surface area contributed by atoms with Gasteiger partial charge >= 0.3 is 0 Å². The summed E-state index contributed by atoms with van der Waals surface area (Å²) in [4.78, 5) is 4.37. The highest BCUT2D eigenvalue weighted by molar-refractivity contribution is 7.17. The summed E-state index contributed by atoms with van der Waals surface area (Å²) in [5, 5.41) is 26.3. The molecule has 5 heterocycles. The lowest BCUT2D eigenvalue weighted by atomic mass is 9.93. The van der Waals surface area contributed by atoms with Gasteiger partial charge in [0, 0.05) is 45.2 Å². The Labute approximate surface area is 181 Å². The van der Waals surface area contributed by atoms with E-state index >= 15 is 0 Å². The third-order valence-electron chi connectivity index (χ3n) is 6.09. The minimum Gasteiger partial charge on any atom is -0.452 e. The fraction of sp³-hybridized carbons (Fsp3) is 0.273. The standard InChI is InChI=1S/C22H20N6O2S/c23-22-21-15(5-19(30-21)18-11-31-20-9-26-25-8-17(18)20)16(7-24-22)12-6-27-28(10-12)13-1-3-14(29)4-2-13/h5-11,13-14,29H,1-4H2,(H2,23,24)/t13-,14-. The van der Waals surface area contributed by atoms with Gasteiger partial charge in [0.2, 0.25) is 0 Å². The van der Waals surface area contributed by atoms with E-state index < -0.39 is 0 Å². The largest absolute Gasteiger partial charge is 0.452 e. The smallest absolute Gasteiger partial charge is 0.177 e. The second kappa shape index (κ2) is 7.14. The van der Waals surface area contributed by atoms with E-state index in [4.69, 9.17) is 10.2 Å². The van der Waals surface area contributed by atoms with Crippen molar-refractivity contribution < 1.29 is 9.52 Å². The van der Waals surface area contributed by atoms with Crippen LogP contribution in [0.2, 0.25) is 0 Å². The van der Waals surface area contributed by atoms with Gasteiger partial charge in [0.1, 0.15) is 5.76 Å². The zero-order valence-corrected chi connectivity index (χ0v) is 17.4. The van der Waals surface area contributed by atoms with E-state index in [1.165, 1.54) is 0 Å². The molecule has 31 heavy (non-hydrogen) atoms. The number of hydrogen-bond acceptors (Lipinski definition) is 8. The highest BCUT2D eigenvalue weighted by Crippen LogP contribution is 2.40. The summed E-state index contributed by atoms with van der Waals surface area (Å²) >= 11 is 1.60. The molecule has 0 bridgehead atoms. The zero-order chi connectivity index (χ0) is 20.9. The van der Waals surface area contributed by atoms with Crippen molar-refractivity contribution in [3.63, 3.8) is 0 Å². The molecule has 0 aliphatic heterocycles. The van der Waals surface area contributed by atoms with Crippen LogP contribution in [0.25, 0.3) is 43.5 Å². The molecule has 0 spiro atoms. The molecule has 5 aromatic rings. The number of aliphatic hydroxyl groups is 1. The first-order chi connectivity index (χ1) is 15.2. The predicted octanol–water partition coefficient (Wildman–Crippen LogP) is 4.42. The van der Waals surface area contributed by atoms with Gasteiger partial charge < -0.3 is 15.3 Å². The van der Waals surface area contributed by atoms with E-state index in [9.17, 15) is 5.11 Å². The van der Waals surface area contributed by atoms with Crippen molar-refractivity contribution >= 4 is 38.2 Å². The van der Waals surface area contributed by atoms with E-state index in [1.807, 2.05) is 22.3 Å². The van der Waals surface area contributed by atoms with E-state index in [-0.39, 0.29) is 6.10 Å². The van der Waals surface area contributed by atoms with Crippen LogP contribution in [-0.2, 0) is 0 Å². The van der Waals surface area contributed by atoms with Gasteiger partial charge in [-0.1, -0.05) is 0 Å². The Bertz CT molecular complexity index is 1400. The number of aromatic nitrogens is 5. The highest BCUT2D eigenvalue weighted by Gasteiger charge is 2.22. The molecule has 156 valence electrons. The van der Waals surface area contributed by atoms with Crippen molar-refractivity contribution in [1.29, 1.82) is 0 Å². The maximum atomic E-state index is 9.78. The first kappa shape index (κ1) is 18.5. The van der Waals surface area contributed by atoms with Crippen LogP contribution in [-0.4, -0.2) is 36.2 Å². The fourth-order valence-corrected chi connectivity index (χ4v) is 5.27. The Kier molecular flexibility index (Phi) is 4.25. The average Bonchev–Trinajstić information content (AvgIpc) is 3.52. The van der Waals surface area contributed by atoms with E-state index in [0.29, 0.717) is 17.4 Å². The summed E-state index contributed by atoms with van der Waals surface area (Å²) in [6, 6.07) is 2.33. The summed E-state index contributed by atoms with van der Waals surface area (Å²) in [7, 11) is 0. The number of nitrogen functional groups attached to an aromatic ring is 1. The Morgan fingerprint density at radius 3 is 2.74 bits per heavy atom. The minimum absolute atomic E-state index is 0.185. The summed E-state index contributed by atoms with van der Waals surface area (Å²) < 4.78 is 9.23. The van der Waals surface area contributed by atoms with Crippen LogP contribution in [0.4, 0.5) is 5.82 Å². The number of hydrogen-bond donors (Lipinski definition) is 2. The lowest BCUT2D eigenvalue weighted by Gasteiger charge is -2.25. The molecule has 1 aliphatic carbocycles. The first-order valence-corrected chi connectivity index (χ1v) is 11.1. The summed E-state index contributed by atoms with van der Waals surface area (Å²) in [5.41, 5.74) is 9.59. The number of rotatable bonds is 3. The number of thiophene rings is 1. The number of pyridine rings is 1. The van der Waals surface area contributed by atoms with Crippen LogP contribution >= 0.6 is 11.3 Å². The number of furan rings is 1. The molecule has 0 saturated heterocycles. The molecule has 0 atom stereocenters. The van der Waals surface area contributed by atoms with Crippen LogP contribution in [0.3, 0.4) is 0 Å². The summed E-state index contributed by atoms with van der Waals surface area (Å²) in [5.74, 6) is 1.09. The third kappa shape index (κ3) is 3.08. The van der Waals surface area contributed by atoms with Crippen LogP contribution in [0.1, 0.15) is 31.7 Å². The molecule has 6 rings (SSSR count). The molecular formula is C22H20N6O2S. The predicted molar refractivity (Wildman–Crippen MR) is 120 cm³/mol. The molecule has 0 unspecified atom stereocenters. The van der Waals surface area contributed by atoms with Gasteiger partial charge in [-0.25, -0.2) is 4.98 Å². The van der Waals surface area contributed by atoms with Gasteiger partial charge in [0.25, 0.3) is 0 Å². The van der Waals surface area contributed by atoms with Gasteiger partial charge in [-0.2, -0.15) is 15.3 Å². The second-order valence-electron chi connectivity index (χ2n) is 8.00. The molecule has 3 N–H and O–H groups in total. The second-order valence-corrected chi connectivity index (χ2v) is 8.91. The Balaban J connectivity index is 1.43. The van der Waals surface area contributed by atoms with Crippen molar-refractivity contribution in [2.45, 2.75) is 37.8 Å². The lowest BCUT2D eigenvalue weighted by Crippen LogP contribution is -2.21. The molecular weight excluding hydrogens is 412 g/mol. The number of aliphatic hydroxyl groups excluding tert-OH is 1. The van der Waals surface area contributed by atoms with Crippen molar-refractivity contribution in [3.8, 4) is 22.5 Å². The Morgan fingerprint density at radius 1 is 1.03 bits per heavy atom. The van der Waals surface area contributed by atoms with Gasteiger partial charge in [-0.05, 0) is 31.7 Å². The van der Waals surface area contributed by atoms with Crippen molar-refractivity contribution in [2.24, 2.45) is 0 Å². The van der Waals surface area contributed by atoms with Gasteiger partial charge in [0.15, 0.2) is 11.4 Å². The Morgan fingerprint density at radius 2 is 1.87 bits per heavy atom. The van der Waals surface area contributed by atoms with Crippen LogP contribution in [0.5, 0.6) is 0 Å². The minimum atomic E-state index is -0.185. The maximum absolute atomic E-state index is 9.78. The highest BCUT2D eigenvalue weighted by atomic mass is 32.1. The molecule has 1 saturated carbocycles. The SMILES string of the molecule is Nc1ncc(-c2cnn([C@H]3CC[C@H](O)CC3)c2)c2cc(-c3csc4cnncc34)oc12. The topological polar surface area (TPSA) is 116 Å². The number of fused-ring (bicyclic) bond motifs is 2. The maximum Gasteiger partial charge on any atom is 0.177 e. The molecule has 8 nitrogen and oxygen atoms in total. The Hall–Kier alpha value is -3.30. The van der Waals surface area contributed by atoms with Crippen LogP contribution < -0.4 is 5.73 Å². The summed E-state index contributed by atoms with van der Waals surface area (Å²) in [6.07, 6.45) is 12.5. The summed E-state index contributed by atoms with van der Waals surface area (Å²) in [6.45, 7) is 0. The van der Waals surface area contributed by atoms with Crippen LogP contribution in [0.15, 0.2) is 46.8 Å². The quantitative estimate of drug-likeness (QED) is 0.433. The number of nitrogens with zero attached hydrogens (tertiary/aromatic N) is 5. The third-order valence-corrected chi connectivity index (χ3v) is 7.03. The van der Waals surface area contributed by atoms with Gasteiger partial charge in [-0.3, -0.25) is 4.68 Å². The molecule has 0 radical (unpaired) electrons.